The van der Waals surface area contributed by atoms with Crippen LogP contribution in [0.15, 0.2) is 29.3 Å². The SMILES string of the molecule is CCNC(=NCc1cccc(CN2CCCC2=O)c1)NCCC(OCC)C1CCCC1.I. The number of amides is 1. The van der Waals surface area contributed by atoms with Gasteiger partial charge < -0.3 is 20.3 Å². The van der Waals surface area contributed by atoms with Crippen LogP contribution in [-0.2, 0) is 22.6 Å². The molecule has 0 aromatic heterocycles. The summed E-state index contributed by atoms with van der Waals surface area (Å²) in [6.45, 7) is 8.86. The molecule has 6 nitrogen and oxygen atoms in total. The molecule has 1 unspecified atom stereocenters. The topological polar surface area (TPSA) is 66.0 Å². The number of benzene rings is 1. The van der Waals surface area contributed by atoms with E-state index >= 15 is 0 Å². The maximum Gasteiger partial charge on any atom is 0.222 e. The fourth-order valence-electron chi connectivity index (χ4n) is 4.76. The van der Waals surface area contributed by atoms with Crippen molar-refractivity contribution in [2.24, 2.45) is 10.9 Å². The van der Waals surface area contributed by atoms with Gasteiger partial charge in [0.25, 0.3) is 0 Å². The summed E-state index contributed by atoms with van der Waals surface area (Å²) in [7, 11) is 0. The Morgan fingerprint density at radius 1 is 1.19 bits per heavy atom. The molecule has 2 aliphatic rings. The number of rotatable bonds is 11. The van der Waals surface area contributed by atoms with Crippen molar-refractivity contribution in [1.82, 2.24) is 15.5 Å². The first-order valence-corrected chi connectivity index (χ1v) is 12.2. The van der Waals surface area contributed by atoms with E-state index in [0.29, 0.717) is 31.5 Å². The smallest absolute Gasteiger partial charge is 0.222 e. The molecule has 180 valence electrons. The Labute approximate surface area is 211 Å². The zero-order valence-corrected chi connectivity index (χ0v) is 22.1. The van der Waals surface area contributed by atoms with Gasteiger partial charge in [0.2, 0.25) is 5.91 Å². The van der Waals surface area contributed by atoms with Gasteiger partial charge in [0.15, 0.2) is 5.96 Å². The average Bonchev–Trinajstić information content (AvgIpc) is 3.44. The van der Waals surface area contributed by atoms with Crippen LogP contribution in [0.3, 0.4) is 0 Å². The van der Waals surface area contributed by atoms with E-state index in [9.17, 15) is 4.79 Å². The first kappa shape index (κ1) is 26.9. The molecule has 0 radical (unpaired) electrons. The average molecular weight is 557 g/mol. The molecule has 3 rings (SSSR count). The fourth-order valence-corrected chi connectivity index (χ4v) is 4.76. The molecule has 7 heteroatoms. The highest BCUT2D eigenvalue weighted by molar-refractivity contribution is 14.0. The number of guanidine groups is 1. The van der Waals surface area contributed by atoms with Gasteiger partial charge in [-0.1, -0.05) is 37.1 Å². The van der Waals surface area contributed by atoms with Gasteiger partial charge in [-0.15, -0.1) is 24.0 Å². The minimum atomic E-state index is 0. The van der Waals surface area contributed by atoms with E-state index in [1.807, 2.05) is 4.90 Å². The van der Waals surface area contributed by atoms with Crippen molar-refractivity contribution in [3.05, 3.63) is 35.4 Å². The lowest BCUT2D eigenvalue weighted by Gasteiger charge is -2.24. The second-order valence-corrected chi connectivity index (χ2v) is 8.69. The predicted molar refractivity (Wildman–Crippen MR) is 141 cm³/mol. The molecule has 1 aromatic carbocycles. The molecular weight excluding hydrogens is 515 g/mol. The van der Waals surface area contributed by atoms with E-state index in [1.165, 1.54) is 36.8 Å². The molecule has 1 amide bonds. The Hall–Kier alpha value is -1.35. The van der Waals surface area contributed by atoms with Crippen molar-refractivity contribution in [3.63, 3.8) is 0 Å². The third-order valence-corrected chi connectivity index (χ3v) is 6.33. The second kappa shape index (κ2) is 14.7. The monoisotopic (exact) mass is 556 g/mol. The zero-order chi connectivity index (χ0) is 21.9. The van der Waals surface area contributed by atoms with Gasteiger partial charge in [-0.05, 0) is 56.6 Å². The van der Waals surface area contributed by atoms with Crippen LogP contribution in [0.25, 0.3) is 0 Å². The molecule has 1 aliphatic heterocycles. The Bertz CT molecular complexity index is 722. The normalized spacial score (nSPS) is 18.0. The summed E-state index contributed by atoms with van der Waals surface area (Å²) in [5.41, 5.74) is 2.34. The third kappa shape index (κ3) is 8.54. The zero-order valence-electron chi connectivity index (χ0n) is 19.8. The quantitative estimate of drug-likeness (QED) is 0.240. The van der Waals surface area contributed by atoms with Crippen molar-refractivity contribution in [2.75, 3.05) is 26.2 Å². The fraction of sp³-hybridized carbons (Fsp3) is 0.680. The van der Waals surface area contributed by atoms with Crippen LogP contribution in [0, 0.1) is 5.92 Å². The third-order valence-electron chi connectivity index (χ3n) is 6.33. The van der Waals surface area contributed by atoms with Gasteiger partial charge in [0.05, 0.1) is 12.6 Å². The van der Waals surface area contributed by atoms with E-state index < -0.39 is 0 Å². The molecule has 1 heterocycles. The molecule has 1 saturated carbocycles. The van der Waals surface area contributed by atoms with Gasteiger partial charge in [-0.2, -0.15) is 0 Å². The highest BCUT2D eigenvalue weighted by Crippen LogP contribution is 2.30. The minimum Gasteiger partial charge on any atom is -0.378 e. The molecule has 2 fully saturated rings. The molecule has 1 aromatic rings. The number of nitrogens with one attached hydrogen (secondary N) is 2. The second-order valence-electron chi connectivity index (χ2n) is 8.69. The Morgan fingerprint density at radius 3 is 2.66 bits per heavy atom. The molecule has 0 spiro atoms. The van der Waals surface area contributed by atoms with E-state index in [1.54, 1.807) is 0 Å². The largest absolute Gasteiger partial charge is 0.378 e. The maximum atomic E-state index is 11.9. The van der Waals surface area contributed by atoms with Crippen molar-refractivity contribution in [2.45, 2.75) is 78.0 Å². The summed E-state index contributed by atoms with van der Waals surface area (Å²) in [5, 5.41) is 6.84. The lowest BCUT2D eigenvalue weighted by molar-refractivity contribution is -0.128. The Kier molecular flexibility index (Phi) is 12.4. The van der Waals surface area contributed by atoms with Crippen LogP contribution in [0.1, 0.15) is 69.9 Å². The van der Waals surface area contributed by atoms with Gasteiger partial charge in [-0.3, -0.25) is 4.79 Å². The number of hydrogen-bond acceptors (Lipinski definition) is 3. The van der Waals surface area contributed by atoms with Gasteiger partial charge in [0.1, 0.15) is 0 Å². The summed E-state index contributed by atoms with van der Waals surface area (Å²) >= 11 is 0. The van der Waals surface area contributed by atoms with Crippen LogP contribution in [0.4, 0.5) is 0 Å². The lowest BCUT2D eigenvalue weighted by Crippen LogP contribution is -2.39. The Morgan fingerprint density at radius 2 is 1.97 bits per heavy atom. The first-order valence-electron chi connectivity index (χ1n) is 12.2. The maximum absolute atomic E-state index is 11.9. The molecule has 0 bridgehead atoms. The minimum absolute atomic E-state index is 0. The number of likely N-dealkylation sites (tertiary alicyclic amines) is 1. The van der Waals surface area contributed by atoms with Crippen molar-refractivity contribution in [1.29, 1.82) is 0 Å². The van der Waals surface area contributed by atoms with Gasteiger partial charge in [-0.25, -0.2) is 4.99 Å². The van der Waals surface area contributed by atoms with E-state index in [2.05, 4.69) is 48.7 Å². The summed E-state index contributed by atoms with van der Waals surface area (Å²) in [6, 6.07) is 8.44. The number of hydrogen-bond donors (Lipinski definition) is 2. The molecule has 1 atom stereocenters. The standard InChI is InChI=1S/C25H40N4O2.HI/c1-3-26-25(27-15-14-23(31-4-2)22-11-5-6-12-22)28-18-20-9-7-10-21(17-20)19-29-16-8-13-24(29)30;/h7,9-10,17,22-23H,3-6,8,11-16,18-19H2,1-2H3,(H2,26,27,28);1H. The van der Waals surface area contributed by atoms with Crippen LogP contribution in [-0.4, -0.2) is 49.1 Å². The van der Waals surface area contributed by atoms with Crippen LogP contribution in [0.2, 0.25) is 0 Å². The van der Waals surface area contributed by atoms with E-state index in [4.69, 9.17) is 9.73 Å². The summed E-state index contributed by atoms with van der Waals surface area (Å²) < 4.78 is 6.04. The summed E-state index contributed by atoms with van der Waals surface area (Å²) in [5.74, 6) is 1.83. The number of carbonyl (C=O) groups excluding carboxylic acids is 1. The lowest BCUT2D eigenvalue weighted by atomic mass is 9.98. The van der Waals surface area contributed by atoms with Crippen LogP contribution < -0.4 is 10.6 Å². The Balaban J connectivity index is 0.00000363. The molecule has 2 N–H and O–H groups in total. The van der Waals surface area contributed by atoms with Crippen LogP contribution >= 0.6 is 24.0 Å². The number of aliphatic imine (C=N–C) groups is 1. The van der Waals surface area contributed by atoms with Crippen molar-refractivity contribution < 1.29 is 9.53 Å². The van der Waals surface area contributed by atoms with E-state index in [0.717, 1.165) is 45.0 Å². The highest BCUT2D eigenvalue weighted by atomic mass is 127. The predicted octanol–water partition coefficient (Wildman–Crippen LogP) is 4.47. The van der Waals surface area contributed by atoms with Gasteiger partial charge >= 0.3 is 0 Å². The van der Waals surface area contributed by atoms with E-state index in [-0.39, 0.29) is 29.9 Å². The number of ether oxygens (including phenoxy) is 1. The molecule has 32 heavy (non-hydrogen) atoms. The molecular formula is C25H41IN4O2. The molecule has 1 aliphatic carbocycles. The van der Waals surface area contributed by atoms with Crippen molar-refractivity contribution in [3.8, 4) is 0 Å². The summed E-state index contributed by atoms with van der Waals surface area (Å²) in [6.07, 6.45) is 8.33. The summed E-state index contributed by atoms with van der Waals surface area (Å²) in [4.78, 5) is 18.6. The number of halogens is 1. The van der Waals surface area contributed by atoms with Gasteiger partial charge in [0, 0.05) is 39.2 Å². The number of nitrogens with zero attached hydrogens (tertiary/aromatic N) is 2. The first-order chi connectivity index (χ1) is 15.2. The number of carbonyl (C=O) groups is 1. The van der Waals surface area contributed by atoms with Crippen LogP contribution in [0.5, 0.6) is 0 Å². The highest BCUT2D eigenvalue weighted by Gasteiger charge is 2.25. The van der Waals surface area contributed by atoms with Crippen molar-refractivity contribution >= 4 is 35.8 Å². The molecule has 1 saturated heterocycles.